The molecule has 0 heterocycles. The lowest BCUT2D eigenvalue weighted by Crippen LogP contribution is -2.11. The number of hydrogen-bond acceptors (Lipinski definition) is 1. The minimum atomic E-state index is 0.377. The van der Waals surface area contributed by atoms with Crippen LogP contribution in [0, 0.1) is 5.41 Å². The molecule has 0 saturated carbocycles. The fourth-order valence-corrected chi connectivity index (χ4v) is 1.25. The topological polar surface area (TPSA) is 12.4 Å². The Hall–Kier alpha value is -0.330. The Morgan fingerprint density at radius 2 is 1.73 bits per heavy atom. The van der Waals surface area contributed by atoms with Gasteiger partial charge in [0.05, 0.1) is 0 Å². The average molecular weight is 155 g/mol. The molecule has 1 heteroatoms. The van der Waals surface area contributed by atoms with Gasteiger partial charge in [-0.15, -0.1) is 0 Å². The number of rotatable bonds is 2. The normalized spacial score (nSPS) is 14.3. The van der Waals surface area contributed by atoms with E-state index >= 15 is 0 Å². The highest BCUT2D eigenvalue weighted by molar-refractivity contribution is 5.82. The molecule has 0 N–H and O–H groups in total. The maximum atomic E-state index is 4.48. The minimum absolute atomic E-state index is 0.377. The van der Waals surface area contributed by atoms with Gasteiger partial charge < -0.3 is 0 Å². The van der Waals surface area contributed by atoms with E-state index in [1.54, 1.807) is 0 Å². The second kappa shape index (κ2) is 3.89. The molecule has 0 aromatic heterocycles. The van der Waals surface area contributed by atoms with Gasteiger partial charge in [-0.2, -0.15) is 0 Å². The predicted molar refractivity (Wildman–Crippen MR) is 52.3 cm³/mol. The SMILES string of the molecule is C/C(CC(C)(C)C)=N\C(C)C. The van der Waals surface area contributed by atoms with Crippen LogP contribution in [0.25, 0.3) is 0 Å². The van der Waals surface area contributed by atoms with Crippen molar-refractivity contribution in [3.05, 3.63) is 0 Å². The van der Waals surface area contributed by atoms with Gasteiger partial charge in [0.2, 0.25) is 0 Å². The van der Waals surface area contributed by atoms with Crippen LogP contribution in [0.4, 0.5) is 0 Å². The Kier molecular flexibility index (Phi) is 3.77. The largest absolute Gasteiger partial charge is 0.292 e. The highest BCUT2D eigenvalue weighted by Crippen LogP contribution is 2.19. The smallest absolute Gasteiger partial charge is 0.0442 e. The summed E-state index contributed by atoms with van der Waals surface area (Å²) in [5.74, 6) is 0. The van der Waals surface area contributed by atoms with Crippen molar-refractivity contribution in [3.63, 3.8) is 0 Å². The standard InChI is InChI=1S/C10H21N/c1-8(2)11-9(3)7-10(4,5)6/h8H,7H2,1-6H3/b11-9+. The van der Waals surface area contributed by atoms with Crippen LogP contribution in [-0.4, -0.2) is 11.8 Å². The Balaban J connectivity index is 3.97. The van der Waals surface area contributed by atoms with Crippen molar-refractivity contribution in [1.82, 2.24) is 0 Å². The third-order valence-corrected chi connectivity index (χ3v) is 1.26. The summed E-state index contributed by atoms with van der Waals surface area (Å²) >= 11 is 0. The fourth-order valence-electron chi connectivity index (χ4n) is 1.25. The molecule has 0 aliphatic heterocycles. The monoisotopic (exact) mass is 155 g/mol. The zero-order valence-electron chi connectivity index (χ0n) is 8.73. The minimum Gasteiger partial charge on any atom is -0.292 e. The zero-order valence-corrected chi connectivity index (χ0v) is 8.73. The first-order valence-electron chi connectivity index (χ1n) is 4.34. The van der Waals surface area contributed by atoms with Crippen molar-refractivity contribution in [3.8, 4) is 0 Å². The number of aliphatic imine (C=N–C) groups is 1. The lowest BCUT2D eigenvalue weighted by molar-refractivity contribution is 0.432. The van der Waals surface area contributed by atoms with Gasteiger partial charge in [0.15, 0.2) is 0 Å². The molecule has 0 bridgehead atoms. The summed E-state index contributed by atoms with van der Waals surface area (Å²) in [6, 6.07) is 0.442. The first-order chi connectivity index (χ1) is 4.81. The van der Waals surface area contributed by atoms with Crippen LogP contribution in [-0.2, 0) is 0 Å². The Morgan fingerprint density at radius 1 is 1.27 bits per heavy atom. The van der Waals surface area contributed by atoms with E-state index in [9.17, 15) is 0 Å². The molecule has 66 valence electrons. The third kappa shape index (κ3) is 7.57. The van der Waals surface area contributed by atoms with Gasteiger partial charge in [0.1, 0.15) is 0 Å². The van der Waals surface area contributed by atoms with Gasteiger partial charge >= 0.3 is 0 Å². The number of hydrogen-bond donors (Lipinski definition) is 0. The molecular weight excluding hydrogens is 134 g/mol. The van der Waals surface area contributed by atoms with Crippen LogP contribution in [0.15, 0.2) is 4.99 Å². The molecule has 0 fully saturated rings. The van der Waals surface area contributed by atoms with E-state index in [0.717, 1.165) is 6.42 Å². The summed E-state index contributed by atoms with van der Waals surface area (Å²) in [5.41, 5.74) is 1.65. The second-order valence-corrected chi connectivity index (χ2v) is 4.70. The molecule has 0 aliphatic rings. The lowest BCUT2D eigenvalue weighted by atomic mass is 9.90. The van der Waals surface area contributed by atoms with E-state index in [4.69, 9.17) is 0 Å². The van der Waals surface area contributed by atoms with Crippen LogP contribution in [0.5, 0.6) is 0 Å². The zero-order chi connectivity index (χ0) is 9.07. The van der Waals surface area contributed by atoms with Gasteiger partial charge in [-0.1, -0.05) is 20.8 Å². The predicted octanol–water partition coefficient (Wildman–Crippen LogP) is 3.29. The van der Waals surface area contributed by atoms with Gasteiger partial charge in [0.25, 0.3) is 0 Å². The summed E-state index contributed by atoms with van der Waals surface area (Å²) in [4.78, 5) is 4.48. The molecule has 0 rings (SSSR count). The maximum Gasteiger partial charge on any atom is 0.0442 e. The van der Waals surface area contributed by atoms with Crippen LogP contribution < -0.4 is 0 Å². The van der Waals surface area contributed by atoms with Gasteiger partial charge in [-0.25, -0.2) is 0 Å². The van der Waals surface area contributed by atoms with Gasteiger partial charge in [-0.05, 0) is 32.6 Å². The van der Waals surface area contributed by atoms with E-state index in [1.807, 2.05) is 0 Å². The van der Waals surface area contributed by atoms with Crippen molar-refractivity contribution in [2.24, 2.45) is 10.4 Å². The van der Waals surface area contributed by atoms with E-state index < -0.39 is 0 Å². The van der Waals surface area contributed by atoms with Crippen LogP contribution >= 0.6 is 0 Å². The van der Waals surface area contributed by atoms with Crippen LogP contribution in [0.1, 0.15) is 48.0 Å². The average Bonchev–Trinajstić information content (AvgIpc) is 1.53. The second-order valence-electron chi connectivity index (χ2n) is 4.70. The quantitative estimate of drug-likeness (QED) is 0.543. The molecule has 0 radical (unpaired) electrons. The number of nitrogens with zero attached hydrogens (tertiary/aromatic N) is 1. The molecule has 0 saturated heterocycles. The summed E-state index contributed by atoms with van der Waals surface area (Å²) < 4.78 is 0. The highest BCUT2D eigenvalue weighted by atomic mass is 14.8. The Morgan fingerprint density at radius 3 is 2.00 bits per heavy atom. The van der Waals surface area contributed by atoms with E-state index in [0.29, 0.717) is 11.5 Å². The van der Waals surface area contributed by atoms with E-state index in [2.05, 4.69) is 46.5 Å². The first kappa shape index (κ1) is 10.7. The van der Waals surface area contributed by atoms with Crippen LogP contribution in [0.2, 0.25) is 0 Å². The van der Waals surface area contributed by atoms with Crippen molar-refractivity contribution in [2.45, 2.75) is 54.0 Å². The van der Waals surface area contributed by atoms with Gasteiger partial charge in [-0.3, -0.25) is 4.99 Å². The summed E-state index contributed by atoms with van der Waals surface area (Å²) in [6.07, 6.45) is 1.10. The molecule has 0 aliphatic carbocycles. The molecule has 0 atom stereocenters. The molecule has 0 amide bonds. The lowest BCUT2D eigenvalue weighted by Gasteiger charge is -2.17. The summed E-state index contributed by atoms with van der Waals surface area (Å²) in [6.45, 7) is 13.1. The van der Waals surface area contributed by atoms with Gasteiger partial charge in [0, 0.05) is 11.8 Å². The Bertz CT molecular complexity index is 137. The Labute approximate surface area is 70.9 Å². The molecule has 0 spiro atoms. The molecule has 0 unspecified atom stereocenters. The third-order valence-electron chi connectivity index (χ3n) is 1.26. The fraction of sp³-hybridized carbons (Fsp3) is 0.900. The van der Waals surface area contributed by atoms with Crippen molar-refractivity contribution < 1.29 is 0 Å². The summed E-state index contributed by atoms with van der Waals surface area (Å²) in [5, 5.41) is 0. The molecular formula is C10H21N. The van der Waals surface area contributed by atoms with Crippen LogP contribution in [0.3, 0.4) is 0 Å². The van der Waals surface area contributed by atoms with Crippen molar-refractivity contribution in [2.75, 3.05) is 0 Å². The summed E-state index contributed by atoms with van der Waals surface area (Å²) in [7, 11) is 0. The first-order valence-corrected chi connectivity index (χ1v) is 4.34. The highest BCUT2D eigenvalue weighted by Gasteiger charge is 2.11. The molecule has 1 nitrogen and oxygen atoms in total. The molecule has 0 aromatic carbocycles. The maximum absolute atomic E-state index is 4.48. The van der Waals surface area contributed by atoms with Crippen molar-refractivity contribution in [1.29, 1.82) is 0 Å². The molecule has 11 heavy (non-hydrogen) atoms. The van der Waals surface area contributed by atoms with E-state index in [1.165, 1.54) is 5.71 Å². The molecule has 0 aromatic rings. The van der Waals surface area contributed by atoms with Crippen molar-refractivity contribution >= 4 is 5.71 Å². The van der Waals surface area contributed by atoms with E-state index in [-0.39, 0.29) is 0 Å².